The van der Waals surface area contributed by atoms with Gasteiger partial charge in [-0.2, -0.15) is 0 Å². The second kappa shape index (κ2) is 8.05. The van der Waals surface area contributed by atoms with E-state index in [2.05, 4.69) is 31.3 Å². The van der Waals surface area contributed by atoms with Gasteiger partial charge >= 0.3 is 6.03 Å². The number of phenols is 1. The molecular weight excluding hydrogens is 434 g/mol. The second-order valence-electron chi connectivity index (χ2n) is 4.83. The topological polar surface area (TPSA) is 108 Å². The third-order valence-electron chi connectivity index (χ3n) is 3.06. The molecule has 0 spiro atoms. The maximum atomic E-state index is 12.2. The van der Waals surface area contributed by atoms with Crippen LogP contribution in [0.1, 0.15) is 6.92 Å². The molecule has 0 saturated heterocycles. The highest BCUT2D eigenvalue weighted by molar-refractivity contribution is 9.10. The van der Waals surface area contributed by atoms with Gasteiger partial charge in [0.05, 0.1) is 16.4 Å². The first-order valence-corrected chi connectivity index (χ1v) is 9.75. The lowest BCUT2D eigenvalue weighted by molar-refractivity contribution is 0.262. The van der Waals surface area contributed by atoms with E-state index in [0.29, 0.717) is 10.2 Å². The summed E-state index contributed by atoms with van der Waals surface area (Å²) < 4.78 is 27.2. The minimum Gasteiger partial charge on any atom is -0.504 e. The van der Waals surface area contributed by atoms with Crippen molar-refractivity contribution >= 4 is 55.0 Å². The maximum absolute atomic E-state index is 12.2. The summed E-state index contributed by atoms with van der Waals surface area (Å²) in [5.74, 6) is -0.643. The van der Waals surface area contributed by atoms with Crippen LogP contribution in [-0.2, 0) is 10.0 Å². The van der Waals surface area contributed by atoms with E-state index >= 15 is 0 Å². The number of carbonyl (C=O) groups is 1. The lowest BCUT2D eigenvalue weighted by atomic mass is 10.3. The van der Waals surface area contributed by atoms with E-state index in [9.17, 15) is 18.3 Å². The average Bonchev–Trinajstić information content (AvgIpc) is 2.52. The van der Waals surface area contributed by atoms with E-state index in [-0.39, 0.29) is 17.3 Å². The fourth-order valence-corrected chi connectivity index (χ4v) is 4.06. The number of urea groups is 1. The van der Waals surface area contributed by atoms with E-state index in [4.69, 9.17) is 11.6 Å². The van der Waals surface area contributed by atoms with Crippen LogP contribution in [0.5, 0.6) is 5.75 Å². The Morgan fingerprint density at radius 2 is 1.80 bits per heavy atom. The molecule has 2 rings (SSSR count). The molecular formula is C15H15BrClN3O4S. The second-order valence-corrected chi connectivity index (χ2v) is 7.80. The summed E-state index contributed by atoms with van der Waals surface area (Å²) in [4.78, 5) is 11.6. The number of halogens is 2. The zero-order chi connectivity index (χ0) is 18.6. The van der Waals surface area contributed by atoms with Crippen molar-refractivity contribution in [2.24, 2.45) is 0 Å². The van der Waals surface area contributed by atoms with Gasteiger partial charge < -0.3 is 15.7 Å². The molecule has 2 aromatic carbocycles. The zero-order valence-corrected chi connectivity index (χ0v) is 16.2. The van der Waals surface area contributed by atoms with Crippen molar-refractivity contribution in [1.82, 2.24) is 4.72 Å². The van der Waals surface area contributed by atoms with Gasteiger partial charge in [0.1, 0.15) is 4.90 Å². The molecule has 2 aromatic rings. The monoisotopic (exact) mass is 447 g/mol. The highest BCUT2D eigenvalue weighted by Gasteiger charge is 2.24. The molecule has 0 atom stereocenters. The van der Waals surface area contributed by atoms with Gasteiger partial charge in [0.2, 0.25) is 10.0 Å². The highest BCUT2D eigenvalue weighted by Crippen LogP contribution is 2.36. The first kappa shape index (κ1) is 19.5. The van der Waals surface area contributed by atoms with E-state index in [0.717, 1.165) is 0 Å². The smallest absolute Gasteiger partial charge is 0.323 e. The fourth-order valence-electron chi connectivity index (χ4n) is 2.00. The molecule has 0 aliphatic rings. The van der Waals surface area contributed by atoms with Crippen LogP contribution in [0.3, 0.4) is 0 Å². The largest absolute Gasteiger partial charge is 0.504 e. The molecule has 0 aromatic heterocycles. The summed E-state index contributed by atoms with van der Waals surface area (Å²) in [6.07, 6.45) is 0. The number of amides is 2. The Morgan fingerprint density at radius 3 is 2.44 bits per heavy atom. The zero-order valence-electron chi connectivity index (χ0n) is 13.0. The van der Waals surface area contributed by atoms with E-state index in [1.165, 1.54) is 12.1 Å². The van der Waals surface area contributed by atoms with Crippen molar-refractivity contribution in [2.45, 2.75) is 11.8 Å². The molecule has 0 aliphatic carbocycles. The van der Waals surface area contributed by atoms with Crippen LogP contribution in [0.4, 0.5) is 16.2 Å². The number of hydrogen-bond acceptors (Lipinski definition) is 4. The molecule has 0 radical (unpaired) electrons. The van der Waals surface area contributed by atoms with Crippen LogP contribution in [0.25, 0.3) is 0 Å². The van der Waals surface area contributed by atoms with Crippen molar-refractivity contribution in [3.8, 4) is 5.75 Å². The van der Waals surface area contributed by atoms with Crippen molar-refractivity contribution in [2.75, 3.05) is 17.2 Å². The van der Waals surface area contributed by atoms with Crippen molar-refractivity contribution in [3.05, 3.63) is 45.9 Å². The fraction of sp³-hybridized carbons (Fsp3) is 0.133. The number of sulfonamides is 1. The summed E-state index contributed by atoms with van der Waals surface area (Å²) >= 11 is 9.19. The van der Waals surface area contributed by atoms with Gasteiger partial charge in [0.25, 0.3) is 0 Å². The Balaban J connectivity index is 2.29. The summed E-state index contributed by atoms with van der Waals surface area (Å²) in [6, 6.07) is 8.87. The molecule has 134 valence electrons. The predicted molar refractivity (Wildman–Crippen MR) is 101 cm³/mol. The summed E-state index contributed by atoms with van der Waals surface area (Å²) in [7, 11) is -4.01. The quantitative estimate of drug-likeness (QED) is 0.522. The average molecular weight is 449 g/mol. The number of phenolic OH excluding ortho intramolecular Hbond substituents is 1. The summed E-state index contributed by atoms with van der Waals surface area (Å²) in [6.45, 7) is 1.72. The highest BCUT2D eigenvalue weighted by atomic mass is 79.9. The third-order valence-corrected chi connectivity index (χ3v) is 5.79. The SMILES string of the molecule is CCNS(=O)(=O)c1c(Cl)ccc(NC(=O)Nc2ccccc2Br)c1O. The third kappa shape index (κ3) is 4.63. The molecule has 0 saturated carbocycles. The first-order chi connectivity index (χ1) is 11.8. The van der Waals surface area contributed by atoms with Crippen LogP contribution in [0, 0.1) is 0 Å². The van der Waals surface area contributed by atoms with E-state index in [1.54, 1.807) is 31.2 Å². The Bertz CT molecular complexity index is 906. The Morgan fingerprint density at radius 1 is 1.16 bits per heavy atom. The Kier molecular flexibility index (Phi) is 6.28. The number of nitrogens with one attached hydrogen (secondary N) is 3. The van der Waals surface area contributed by atoms with Gasteiger partial charge in [-0.05, 0) is 40.2 Å². The Labute approximate surface area is 158 Å². The molecule has 0 fully saturated rings. The number of benzene rings is 2. The minimum atomic E-state index is -4.01. The van der Waals surface area contributed by atoms with Crippen LogP contribution in [0.2, 0.25) is 5.02 Å². The normalized spacial score (nSPS) is 11.2. The molecule has 4 N–H and O–H groups in total. The number of anilines is 2. The summed E-state index contributed by atoms with van der Waals surface area (Å²) in [5, 5.41) is 15.1. The van der Waals surface area contributed by atoms with Gasteiger partial charge in [-0.1, -0.05) is 30.7 Å². The summed E-state index contributed by atoms with van der Waals surface area (Å²) in [5.41, 5.74) is 0.416. The van der Waals surface area contributed by atoms with Crippen molar-refractivity contribution < 1.29 is 18.3 Å². The number of rotatable bonds is 5. The van der Waals surface area contributed by atoms with Gasteiger partial charge in [0, 0.05) is 11.0 Å². The van der Waals surface area contributed by atoms with Crippen LogP contribution < -0.4 is 15.4 Å². The first-order valence-electron chi connectivity index (χ1n) is 7.10. The number of aromatic hydroxyl groups is 1. The molecule has 0 heterocycles. The maximum Gasteiger partial charge on any atom is 0.323 e. The predicted octanol–water partition coefficient (Wildman–Crippen LogP) is 3.75. The number of para-hydroxylation sites is 1. The molecule has 7 nitrogen and oxygen atoms in total. The van der Waals surface area contributed by atoms with Crippen LogP contribution in [0.15, 0.2) is 45.8 Å². The van der Waals surface area contributed by atoms with Gasteiger partial charge in [-0.3, -0.25) is 0 Å². The van der Waals surface area contributed by atoms with Gasteiger partial charge in [-0.15, -0.1) is 0 Å². The molecule has 25 heavy (non-hydrogen) atoms. The molecule has 10 heteroatoms. The number of hydrogen-bond donors (Lipinski definition) is 4. The van der Waals surface area contributed by atoms with Crippen molar-refractivity contribution in [1.29, 1.82) is 0 Å². The Hall–Kier alpha value is -1.81. The van der Waals surface area contributed by atoms with Crippen molar-refractivity contribution in [3.63, 3.8) is 0 Å². The van der Waals surface area contributed by atoms with Gasteiger partial charge in [-0.25, -0.2) is 17.9 Å². The van der Waals surface area contributed by atoms with E-state index in [1.807, 2.05) is 0 Å². The standard InChI is InChI=1S/C15H15BrClN3O4S/c1-2-18-25(23,24)14-10(17)7-8-12(13(14)21)20-15(22)19-11-6-4-3-5-9(11)16/h3-8,18,21H,2H2,1H3,(H2,19,20,22). The molecule has 0 bridgehead atoms. The lowest BCUT2D eigenvalue weighted by Crippen LogP contribution is -2.24. The van der Waals surface area contributed by atoms with Crippen LogP contribution >= 0.6 is 27.5 Å². The van der Waals surface area contributed by atoms with Gasteiger partial charge in [0.15, 0.2) is 5.75 Å². The van der Waals surface area contributed by atoms with Crippen LogP contribution in [-0.4, -0.2) is 26.1 Å². The molecule has 2 amide bonds. The molecule has 0 aliphatic heterocycles. The minimum absolute atomic E-state index is 0.0922. The van der Waals surface area contributed by atoms with E-state index < -0.39 is 26.7 Å². The number of carbonyl (C=O) groups excluding carboxylic acids is 1. The molecule has 0 unspecified atom stereocenters. The lowest BCUT2D eigenvalue weighted by Gasteiger charge is -2.14.